The van der Waals surface area contributed by atoms with Gasteiger partial charge >= 0.3 is 0 Å². The molecule has 18 heavy (non-hydrogen) atoms. The Kier molecular flexibility index (Phi) is 3.68. The largest absolute Gasteiger partial charge is 0.316 e. The maximum absolute atomic E-state index is 6.17. The predicted molar refractivity (Wildman–Crippen MR) is 73.3 cm³/mol. The Balaban J connectivity index is 2.52. The molecule has 0 fully saturated rings. The number of hydrogen-bond donors (Lipinski definition) is 1. The summed E-state index contributed by atoms with van der Waals surface area (Å²) < 4.78 is 1.80. The van der Waals surface area contributed by atoms with Crippen molar-refractivity contribution >= 4 is 11.6 Å². The van der Waals surface area contributed by atoms with Crippen LogP contribution in [0.1, 0.15) is 22.6 Å². The van der Waals surface area contributed by atoms with E-state index in [2.05, 4.69) is 21.5 Å². The van der Waals surface area contributed by atoms with Crippen LogP contribution >= 0.6 is 11.6 Å². The average molecular weight is 265 g/mol. The van der Waals surface area contributed by atoms with Crippen LogP contribution in [0.25, 0.3) is 5.82 Å². The lowest BCUT2D eigenvalue weighted by molar-refractivity contribution is 0.780. The van der Waals surface area contributed by atoms with Gasteiger partial charge in [-0.1, -0.05) is 11.6 Å². The van der Waals surface area contributed by atoms with E-state index in [1.807, 2.05) is 33.9 Å². The number of pyridine rings is 1. The number of nitrogens with zero attached hydrogens (tertiary/aromatic N) is 3. The topological polar surface area (TPSA) is 42.7 Å². The van der Waals surface area contributed by atoms with Crippen LogP contribution in [-0.2, 0) is 6.54 Å². The second-order valence-electron chi connectivity index (χ2n) is 4.40. The molecule has 0 saturated heterocycles. The molecule has 0 saturated carbocycles. The first-order valence-corrected chi connectivity index (χ1v) is 6.25. The minimum atomic E-state index is 0.702. The molecular weight excluding hydrogens is 248 g/mol. The zero-order chi connectivity index (χ0) is 13.3. The lowest BCUT2D eigenvalue weighted by Gasteiger charge is -2.08. The summed E-state index contributed by atoms with van der Waals surface area (Å²) in [7, 11) is 1.93. The number of rotatable bonds is 3. The summed E-state index contributed by atoms with van der Waals surface area (Å²) in [6.45, 7) is 6.64. The molecule has 1 N–H and O–H groups in total. The van der Waals surface area contributed by atoms with E-state index in [1.54, 1.807) is 4.68 Å². The average Bonchev–Trinajstić information content (AvgIpc) is 2.57. The molecular formula is C13H17ClN4. The molecule has 4 nitrogen and oxygen atoms in total. The van der Waals surface area contributed by atoms with Gasteiger partial charge in [0.1, 0.15) is 0 Å². The van der Waals surface area contributed by atoms with E-state index in [0.29, 0.717) is 5.02 Å². The third kappa shape index (κ3) is 2.40. The Hall–Kier alpha value is -1.39. The van der Waals surface area contributed by atoms with Crippen LogP contribution in [0.5, 0.6) is 0 Å². The summed E-state index contributed by atoms with van der Waals surface area (Å²) in [6, 6.07) is 4.09. The van der Waals surface area contributed by atoms with Gasteiger partial charge in [-0.3, -0.25) is 0 Å². The normalized spacial score (nSPS) is 10.9. The third-order valence-electron chi connectivity index (χ3n) is 2.80. The number of halogens is 1. The fraction of sp³-hybridized carbons (Fsp3) is 0.385. The Morgan fingerprint density at radius 3 is 2.56 bits per heavy atom. The minimum absolute atomic E-state index is 0.702. The quantitative estimate of drug-likeness (QED) is 0.927. The van der Waals surface area contributed by atoms with Crippen LogP contribution in [-0.4, -0.2) is 21.8 Å². The van der Waals surface area contributed by atoms with E-state index >= 15 is 0 Å². The van der Waals surface area contributed by atoms with Crippen molar-refractivity contribution in [2.45, 2.75) is 27.3 Å². The molecule has 0 aromatic carbocycles. The molecule has 96 valence electrons. The van der Waals surface area contributed by atoms with E-state index in [-0.39, 0.29) is 0 Å². The minimum Gasteiger partial charge on any atom is -0.316 e. The number of aryl methyl sites for hydroxylation is 2. The van der Waals surface area contributed by atoms with Gasteiger partial charge in [-0.05, 0) is 45.5 Å². The molecule has 2 aromatic heterocycles. The maximum atomic E-state index is 6.17. The highest BCUT2D eigenvalue weighted by Gasteiger charge is 2.12. The van der Waals surface area contributed by atoms with Gasteiger partial charge in [0.05, 0.1) is 16.4 Å². The fourth-order valence-corrected chi connectivity index (χ4v) is 2.10. The van der Waals surface area contributed by atoms with Crippen LogP contribution in [0.3, 0.4) is 0 Å². The molecule has 2 aromatic rings. The molecule has 0 aliphatic heterocycles. The van der Waals surface area contributed by atoms with Crippen LogP contribution in [0, 0.1) is 20.8 Å². The molecule has 5 heteroatoms. The molecule has 2 heterocycles. The molecule has 0 unspecified atom stereocenters. The summed E-state index contributed by atoms with van der Waals surface area (Å²) in [4.78, 5) is 4.52. The van der Waals surface area contributed by atoms with Gasteiger partial charge in [-0.25, -0.2) is 9.67 Å². The first-order chi connectivity index (χ1) is 8.52. The SMILES string of the molecule is CNCc1cc(C)nc(-n2nc(C)c(Cl)c2C)c1. The van der Waals surface area contributed by atoms with Crippen molar-refractivity contribution in [3.63, 3.8) is 0 Å². The van der Waals surface area contributed by atoms with Gasteiger partial charge in [0, 0.05) is 12.2 Å². The second-order valence-corrected chi connectivity index (χ2v) is 4.78. The summed E-state index contributed by atoms with van der Waals surface area (Å²) in [5.41, 5.74) is 3.90. The van der Waals surface area contributed by atoms with E-state index in [4.69, 9.17) is 11.6 Å². The molecule has 0 bridgehead atoms. The highest BCUT2D eigenvalue weighted by molar-refractivity contribution is 6.31. The van der Waals surface area contributed by atoms with Gasteiger partial charge in [-0.2, -0.15) is 5.10 Å². The van der Waals surface area contributed by atoms with Crippen molar-refractivity contribution < 1.29 is 0 Å². The van der Waals surface area contributed by atoms with E-state index in [1.165, 1.54) is 5.56 Å². The van der Waals surface area contributed by atoms with Crippen LogP contribution < -0.4 is 5.32 Å². The fourth-order valence-electron chi connectivity index (χ4n) is 1.98. The lowest BCUT2D eigenvalue weighted by atomic mass is 10.2. The molecule has 0 radical (unpaired) electrons. The van der Waals surface area contributed by atoms with Gasteiger partial charge in [-0.15, -0.1) is 0 Å². The highest BCUT2D eigenvalue weighted by Crippen LogP contribution is 2.22. The second kappa shape index (κ2) is 5.08. The maximum Gasteiger partial charge on any atom is 0.154 e. The Labute approximate surface area is 112 Å². The lowest BCUT2D eigenvalue weighted by Crippen LogP contribution is -2.09. The van der Waals surface area contributed by atoms with Crippen molar-refractivity contribution in [1.29, 1.82) is 0 Å². The number of aromatic nitrogens is 3. The Morgan fingerprint density at radius 2 is 2.00 bits per heavy atom. The van der Waals surface area contributed by atoms with E-state index in [9.17, 15) is 0 Å². The molecule has 0 spiro atoms. The molecule has 0 amide bonds. The van der Waals surface area contributed by atoms with Crippen LogP contribution in [0.4, 0.5) is 0 Å². The van der Waals surface area contributed by atoms with Crippen molar-refractivity contribution in [2.24, 2.45) is 0 Å². The number of nitrogens with one attached hydrogen (secondary N) is 1. The zero-order valence-corrected chi connectivity index (χ0v) is 11.8. The van der Waals surface area contributed by atoms with Crippen molar-refractivity contribution in [2.75, 3.05) is 7.05 Å². The molecule has 0 aliphatic rings. The summed E-state index contributed by atoms with van der Waals surface area (Å²) >= 11 is 6.17. The summed E-state index contributed by atoms with van der Waals surface area (Å²) in [5, 5.41) is 8.26. The Morgan fingerprint density at radius 1 is 1.28 bits per heavy atom. The third-order valence-corrected chi connectivity index (χ3v) is 3.35. The smallest absolute Gasteiger partial charge is 0.154 e. The Bertz CT molecular complexity index is 575. The van der Waals surface area contributed by atoms with E-state index in [0.717, 1.165) is 29.4 Å². The van der Waals surface area contributed by atoms with E-state index < -0.39 is 0 Å². The van der Waals surface area contributed by atoms with Crippen LogP contribution in [0.15, 0.2) is 12.1 Å². The first-order valence-electron chi connectivity index (χ1n) is 5.87. The van der Waals surface area contributed by atoms with Crippen LogP contribution in [0.2, 0.25) is 5.02 Å². The first kappa shape index (κ1) is 13.1. The predicted octanol–water partition coefficient (Wildman–Crippen LogP) is 2.57. The van der Waals surface area contributed by atoms with Crippen molar-refractivity contribution in [1.82, 2.24) is 20.1 Å². The standard InChI is InChI=1S/C13H17ClN4/c1-8-5-11(7-15-4)6-12(16-8)18-10(3)13(14)9(2)17-18/h5-6,15H,7H2,1-4H3. The molecule has 0 atom stereocenters. The van der Waals surface area contributed by atoms with Crippen molar-refractivity contribution in [3.05, 3.63) is 39.8 Å². The zero-order valence-electron chi connectivity index (χ0n) is 11.1. The molecule has 0 aliphatic carbocycles. The molecule has 2 rings (SSSR count). The van der Waals surface area contributed by atoms with Gasteiger partial charge in [0.25, 0.3) is 0 Å². The van der Waals surface area contributed by atoms with Crippen molar-refractivity contribution in [3.8, 4) is 5.82 Å². The van der Waals surface area contributed by atoms with Gasteiger partial charge in [0.15, 0.2) is 5.82 Å². The van der Waals surface area contributed by atoms with Gasteiger partial charge < -0.3 is 5.32 Å². The summed E-state index contributed by atoms with van der Waals surface area (Å²) in [5.74, 6) is 0.813. The van der Waals surface area contributed by atoms with Gasteiger partial charge in [0.2, 0.25) is 0 Å². The summed E-state index contributed by atoms with van der Waals surface area (Å²) in [6.07, 6.45) is 0. The highest BCUT2D eigenvalue weighted by atomic mass is 35.5. The number of hydrogen-bond acceptors (Lipinski definition) is 3. The monoisotopic (exact) mass is 264 g/mol.